The molecule has 0 aromatic heterocycles. The van der Waals surface area contributed by atoms with Gasteiger partial charge in [-0.3, -0.25) is 4.79 Å². The fraction of sp³-hybridized carbons (Fsp3) is 0.154. The van der Waals surface area contributed by atoms with Crippen LogP contribution in [0.4, 0.5) is 0 Å². The molecule has 1 rings (SSSR count). The van der Waals surface area contributed by atoms with E-state index in [4.69, 9.17) is 0 Å². The summed E-state index contributed by atoms with van der Waals surface area (Å²) >= 11 is 0. The molecule has 1 atom stereocenters. The van der Waals surface area contributed by atoms with Crippen molar-refractivity contribution >= 4 is 12.0 Å². The standard InChI is InChI=1S/C13H15NO/c1-3-13(15)14-11(2)9-10-12-7-5-4-6-8-12/h3-11H,1H2,2H3,(H,14,15)/b10-9+. The lowest BCUT2D eigenvalue weighted by atomic mass is 10.2. The number of amides is 1. The molecule has 2 nitrogen and oxygen atoms in total. The van der Waals surface area contributed by atoms with E-state index in [2.05, 4.69) is 11.9 Å². The summed E-state index contributed by atoms with van der Waals surface area (Å²) in [5, 5.41) is 2.76. The van der Waals surface area contributed by atoms with Gasteiger partial charge in [0.15, 0.2) is 0 Å². The molecule has 0 saturated carbocycles. The van der Waals surface area contributed by atoms with Crippen molar-refractivity contribution in [3.63, 3.8) is 0 Å². The van der Waals surface area contributed by atoms with Crippen molar-refractivity contribution in [2.45, 2.75) is 13.0 Å². The third-order valence-electron chi connectivity index (χ3n) is 1.93. The fourth-order valence-electron chi connectivity index (χ4n) is 1.15. The second-order valence-electron chi connectivity index (χ2n) is 3.27. The van der Waals surface area contributed by atoms with Crippen molar-refractivity contribution in [3.8, 4) is 0 Å². The molecule has 1 aromatic rings. The van der Waals surface area contributed by atoms with E-state index in [-0.39, 0.29) is 11.9 Å². The molecule has 1 unspecified atom stereocenters. The number of nitrogens with one attached hydrogen (secondary N) is 1. The first-order chi connectivity index (χ1) is 7.22. The monoisotopic (exact) mass is 201 g/mol. The Balaban J connectivity index is 2.51. The Kier molecular flexibility index (Phi) is 4.35. The maximum absolute atomic E-state index is 11.0. The molecule has 0 spiro atoms. The molecule has 78 valence electrons. The molecule has 1 amide bonds. The SMILES string of the molecule is C=CC(=O)NC(C)/C=C/c1ccccc1. The minimum absolute atomic E-state index is 0.00991. The number of benzene rings is 1. The molecule has 0 fully saturated rings. The average molecular weight is 201 g/mol. The van der Waals surface area contributed by atoms with Crippen LogP contribution in [0.1, 0.15) is 12.5 Å². The van der Waals surface area contributed by atoms with E-state index in [9.17, 15) is 4.79 Å². The van der Waals surface area contributed by atoms with Gasteiger partial charge >= 0.3 is 0 Å². The minimum Gasteiger partial charge on any atom is -0.347 e. The predicted molar refractivity (Wildman–Crippen MR) is 63.3 cm³/mol. The highest BCUT2D eigenvalue weighted by Crippen LogP contribution is 2.01. The molecule has 1 aromatic carbocycles. The highest BCUT2D eigenvalue weighted by Gasteiger charge is 1.98. The van der Waals surface area contributed by atoms with Gasteiger partial charge in [0.2, 0.25) is 5.91 Å². The molecule has 0 saturated heterocycles. The van der Waals surface area contributed by atoms with Crippen molar-refractivity contribution in [3.05, 3.63) is 54.6 Å². The van der Waals surface area contributed by atoms with Crippen molar-refractivity contribution in [2.75, 3.05) is 0 Å². The minimum atomic E-state index is -0.153. The Bertz CT molecular complexity index is 354. The van der Waals surface area contributed by atoms with Gasteiger partial charge in [0.25, 0.3) is 0 Å². The second kappa shape index (κ2) is 5.81. The molecule has 2 heteroatoms. The lowest BCUT2D eigenvalue weighted by Gasteiger charge is -2.06. The second-order valence-corrected chi connectivity index (χ2v) is 3.27. The first-order valence-electron chi connectivity index (χ1n) is 4.88. The highest BCUT2D eigenvalue weighted by molar-refractivity contribution is 5.87. The van der Waals surface area contributed by atoms with E-state index in [1.807, 2.05) is 49.4 Å². The van der Waals surface area contributed by atoms with Crippen LogP contribution in [-0.4, -0.2) is 11.9 Å². The molecule has 15 heavy (non-hydrogen) atoms. The maximum Gasteiger partial charge on any atom is 0.243 e. The largest absolute Gasteiger partial charge is 0.347 e. The molecular formula is C13H15NO. The number of carbonyl (C=O) groups is 1. The number of rotatable bonds is 4. The Morgan fingerprint density at radius 3 is 2.67 bits per heavy atom. The van der Waals surface area contributed by atoms with Gasteiger partial charge in [-0.25, -0.2) is 0 Å². The van der Waals surface area contributed by atoms with Gasteiger partial charge in [0.05, 0.1) is 0 Å². The van der Waals surface area contributed by atoms with Crippen LogP contribution in [0.2, 0.25) is 0 Å². The number of hydrogen-bond donors (Lipinski definition) is 1. The smallest absolute Gasteiger partial charge is 0.243 e. The number of hydrogen-bond acceptors (Lipinski definition) is 1. The summed E-state index contributed by atoms with van der Waals surface area (Å²) in [6.45, 7) is 5.31. The van der Waals surface area contributed by atoms with Crippen LogP contribution in [0.3, 0.4) is 0 Å². The van der Waals surface area contributed by atoms with E-state index in [0.717, 1.165) is 5.56 Å². The van der Waals surface area contributed by atoms with Crippen molar-refractivity contribution in [2.24, 2.45) is 0 Å². The molecule has 0 aliphatic carbocycles. The zero-order valence-corrected chi connectivity index (χ0v) is 8.81. The van der Waals surface area contributed by atoms with E-state index in [0.29, 0.717) is 0 Å². The molecule has 0 bridgehead atoms. The first kappa shape index (κ1) is 11.2. The first-order valence-corrected chi connectivity index (χ1v) is 4.88. The zero-order valence-electron chi connectivity index (χ0n) is 8.81. The van der Waals surface area contributed by atoms with Gasteiger partial charge in [-0.15, -0.1) is 0 Å². The molecule has 0 heterocycles. The quantitative estimate of drug-likeness (QED) is 0.744. The van der Waals surface area contributed by atoms with Crippen molar-refractivity contribution in [1.82, 2.24) is 5.32 Å². The van der Waals surface area contributed by atoms with E-state index in [1.165, 1.54) is 6.08 Å². The van der Waals surface area contributed by atoms with Gasteiger partial charge in [-0.05, 0) is 18.6 Å². The van der Waals surface area contributed by atoms with Crippen molar-refractivity contribution in [1.29, 1.82) is 0 Å². The molecule has 0 aliphatic heterocycles. The van der Waals surface area contributed by atoms with Gasteiger partial charge in [0, 0.05) is 6.04 Å². The Labute approximate surface area is 90.3 Å². The van der Waals surface area contributed by atoms with Crippen molar-refractivity contribution < 1.29 is 4.79 Å². The van der Waals surface area contributed by atoms with Crippen LogP contribution in [0.25, 0.3) is 6.08 Å². The fourth-order valence-corrected chi connectivity index (χ4v) is 1.15. The maximum atomic E-state index is 11.0. The highest BCUT2D eigenvalue weighted by atomic mass is 16.1. The molecule has 0 aliphatic rings. The summed E-state index contributed by atoms with van der Waals surface area (Å²) in [7, 11) is 0. The van der Waals surface area contributed by atoms with E-state index < -0.39 is 0 Å². The topological polar surface area (TPSA) is 29.1 Å². The lowest BCUT2D eigenvalue weighted by molar-refractivity contribution is -0.116. The Morgan fingerprint density at radius 2 is 2.07 bits per heavy atom. The zero-order chi connectivity index (χ0) is 11.1. The van der Waals surface area contributed by atoms with E-state index in [1.54, 1.807) is 0 Å². The van der Waals surface area contributed by atoms with Crippen LogP contribution in [0.5, 0.6) is 0 Å². The summed E-state index contributed by atoms with van der Waals surface area (Å²) in [5.74, 6) is -0.153. The van der Waals surface area contributed by atoms with Crippen LogP contribution in [0.15, 0.2) is 49.1 Å². The van der Waals surface area contributed by atoms with Gasteiger partial charge in [-0.2, -0.15) is 0 Å². The summed E-state index contributed by atoms with van der Waals surface area (Å²) in [6, 6.07) is 9.96. The Hall–Kier alpha value is -1.83. The van der Waals surface area contributed by atoms with Gasteiger partial charge in [0.1, 0.15) is 0 Å². The normalized spacial score (nSPS) is 12.3. The average Bonchev–Trinajstić information content (AvgIpc) is 2.27. The summed E-state index contributed by atoms with van der Waals surface area (Å²) in [4.78, 5) is 11.0. The summed E-state index contributed by atoms with van der Waals surface area (Å²) < 4.78 is 0. The van der Waals surface area contributed by atoms with E-state index >= 15 is 0 Å². The molecular weight excluding hydrogens is 186 g/mol. The van der Waals surface area contributed by atoms with Crippen LogP contribution >= 0.6 is 0 Å². The van der Waals surface area contributed by atoms with Gasteiger partial charge < -0.3 is 5.32 Å². The van der Waals surface area contributed by atoms with Crippen LogP contribution in [-0.2, 0) is 4.79 Å². The predicted octanol–water partition coefficient (Wildman–Crippen LogP) is 2.39. The molecule has 1 N–H and O–H groups in total. The summed E-state index contributed by atoms with van der Waals surface area (Å²) in [6.07, 6.45) is 5.19. The lowest BCUT2D eigenvalue weighted by Crippen LogP contribution is -2.29. The molecule has 0 radical (unpaired) electrons. The van der Waals surface area contributed by atoms with Crippen LogP contribution in [0, 0.1) is 0 Å². The Morgan fingerprint density at radius 1 is 1.40 bits per heavy atom. The van der Waals surface area contributed by atoms with Gasteiger partial charge in [-0.1, -0.05) is 49.1 Å². The third-order valence-corrected chi connectivity index (χ3v) is 1.93. The summed E-state index contributed by atoms with van der Waals surface area (Å²) in [5.41, 5.74) is 1.12. The van der Waals surface area contributed by atoms with Crippen LogP contribution < -0.4 is 5.32 Å². The third kappa shape index (κ3) is 4.27. The number of carbonyl (C=O) groups excluding carboxylic acids is 1.